The van der Waals surface area contributed by atoms with E-state index in [9.17, 15) is 9.90 Å². The van der Waals surface area contributed by atoms with E-state index in [-0.39, 0.29) is 6.04 Å². The Kier molecular flexibility index (Phi) is 2.44. The Balaban J connectivity index is 2.30. The first kappa shape index (κ1) is 10.1. The molecule has 1 aromatic rings. The number of carboxylic acid groups (broad SMARTS) is 1. The molecule has 0 spiro atoms. The van der Waals surface area contributed by atoms with Crippen molar-refractivity contribution in [2.45, 2.75) is 18.9 Å². The van der Waals surface area contributed by atoms with Crippen LogP contribution in [0.4, 0.5) is 0 Å². The minimum Gasteiger partial charge on any atom is -0.481 e. The topological polar surface area (TPSA) is 62.2 Å². The lowest BCUT2D eigenvalue weighted by Crippen LogP contribution is -2.32. The van der Waals surface area contributed by atoms with Crippen LogP contribution in [0.1, 0.15) is 24.4 Å². The Bertz CT molecular complexity index is 360. The Morgan fingerprint density at radius 1 is 1.67 bits per heavy atom. The molecule has 0 saturated heterocycles. The number of carboxylic acids is 1. The number of nitrogens with zero attached hydrogens (tertiary/aromatic N) is 1. The van der Waals surface area contributed by atoms with Gasteiger partial charge in [-0.1, -0.05) is 6.07 Å². The van der Waals surface area contributed by atoms with Crippen LogP contribution >= 0.6 is 0 Å². The van der Waals surface area contributed by atoms with Crippen LogP contribution in [0.5, 0.6) is 0 Å². The van der Waals surface area contributed by atoms with Crippen LogP contribution < -0.4 is 5.32 Å². The normalized spacial score (nSPS) is 19.5. The highest BCUT2D eigenvalue weighted by Crippen LogP contribution is 2.54. The Hall–Kier alpha value is -1.42. The zero-order chi connectivity index (χ0) is 10.9. The molecular weight excluding hydrogens is 192 g/mol. The first-order chi connectivity index (χ1) is 7.20. The maximum absolute atomic E-state index is 11.2. The quantitative estimate of drug-likeness (QED) is 0.777. The van der Waals surface area contributed by atoms with Crippen molar-refractivity contribution in [1.82, 2.24) is 10.3 Å². The first-order valence-electron chi connectivity index (χ1n) is 5.01. The molecule has 0 radical (unpaired) electrons. The van der Waals surface area contributed by atoms with Crippen LogP contribution in [-0.4, -0.2) is 23.1 Å². The molecule has 2 N–H and O–H groups in total. The number of carbonyl (C=O) groups is 1. The van der Waals surface area contributed by atoms with Crippen molar-refractivity contribution < 1.29 is 9.90 Å². The molecule has 4 nitrogen and oxygen atoms in total. The molecule has 0 bridgehead atoms. The standard InChI is InChI=1S/C11H14N2O2/c1-12-9(8-3-2-6-13-7-8)11(4-5-11)10(14)15/h2-3,6-7,9,12H,4-5H2,1H3,(H,14,15). The van der Waals surface area contributed by atoms with Gasteiger partial charge in [-0.05, 0) is 31.5 Å². The monoisotopic (exact) mass is 206 g/mol. The number of hydrogen-bond acceptors (Lipinski definition) is 3. The van der Waals surface area contributed by atoms with Gasteiger partial charge in [0.2, 0.25) is 0 Å². The van der Waals surface area contributed by atoms with E-state index in [4.69, 9.17) is 0 Å². The Morgan fingerprint density at radius 3 is 2.80 bits per heavy atom. The van der Waals surface area contributed by atoms with Gasteiger partial charge in [0.1, 0.15) is 0 Å². The predicted molar refractivity (Wildman–Crippen MR) is 55.3 cm³/mol. The van der Waals surface area contributed by atoms with Crippen LogP contribution in [0.3, 0.4) is 0 Å². The maximum Gasteiger partial charge on any atom is 0.311 e. The largest absolute Gasteiger partial charge is 0.481 e. The third kappa shape index (κ3) is 1.61. The van der Waals surface area contributed by atoms with Crippen LogP contribution in [0.15, 0.2) is 24.5 Å². The van der Waals surface area contributed by atoms with Crippen molar-refractivity contribution in [1.29, 1.82) is 0 Å². The SMILES string of the molecule is CNC(c1cccnc1)C1(C(=O)O)CC1. The van der Waals surface area contributed by atoms with E-state index in [0.29, 0.717) is 0 Å². The molecule has 80 valence electrons. The molecule has 1 unspecified atom stereocenters. The van der Waals surface area contributed by atoms with Crippen LogP contribution in [-0.2, 0) is 4.79 Å². The van der Waals surface area contributed by atoms with E-state index in [1.165, 1.54) is 0 Å². The van der Waals surface area contributed by atoms with Gasteiger partial charge in [-0.3, -0.25) is 9.78 Å². The fraction of sp³-hybridized carbons (Fsp3) is 0.455. The first-order valence-corrected chi connectivity index (χ1v) is 5.01. The summed E-state index contributed by atoms with van der Waals surface area (Å²) in [7, 11) is 1.79. The molecule has 4 heteroatoms. The van der Waals surface area contributed by atoms with Gasteiger partial charge >= 0.3 is 5.97 Å². The average Bonchev–Trinajstić information content (AvgIpc) is 3.02. The minimum absolute atomic E-state index is 0.135. The average molecular weight is 206 g/mol. The number of hydrogen-bond donors (Lipinski definition) is 2. The summed E-state index contributed by atoms with van der Waals surface area (Å²) in [6, 6.07) is 3.61. The molecule has 15 heavy (non-hydrogen) atoms. The summed E-state index contributed by atoms with van der Waals surface area (Å²) in [5, 5.41) is 12.3. The van der Waals surface area contributed by atoms with Crippen molar-refractivity contribution in [2.75, 3.05) is 7.05 Å². The van der Waals surface area contributed by atoms with E-state index in [1.807, 2.05) is 12.1 Å². The molecule has 2 rings (SSSR count). The summed E-state index contributed by atoms with van der Waals surface area (Å²) < 4.78 is 0. The number of rotatable bonds is 4. The molecule has 1 atom stereocenters. The lowest BCUT2D eigenvalue weighted by atomic mass is 9.91. The molecule has 1 fully saturated rings. The third-order valence-corrected chi connectivity index (χ3v) is 3.07. The van der Waals surface area contributed by atoms with Gasteiger partial charge < -0.3 is 10.4 Å². The number of pyridine rings is 1. The summed E-state index contributed by atoms with van der Waals surface area (Å²) in [6.07, 6.45) is 4.90. The smallest absolute Gasteiger partial charge is 0.311 e. The van der Waals surface area contributed by atoms with E-state index < -0.39 is 11.4 Å². The van der Waals surface area contributed by atoms with Crippen LogP contribution in [0, 0.1) is 5.41 Å². The summed E-state index contributed by atoms with van der Waals surface area (Å²) in [6.45, 7) is 0. The maximum atomic E-state index is 11.2. The van der Waals surface area contributed by atoms with Gasteiger partial charge in [-0.25, -0.2) is 0 Å². The lowest BCUT2D eigenvalue weighted by Gasteiger charge is -2.23. The van der Waals surface area contributed by atoms with Crippen molar-refractivity contribution >= 4 is 5.97 Å². The van der Waals surface area contributed by atoms with Gasteiger partial charge in [0.05, 0.1) is 5.41 Å². The molecule has 0 amide bonds. The summed E-state index contributed by atoms with van der Waals surface area (Å²) in [5.74, 6) is -0.717. The molecule has 0 aliphatic heterocycles. The molecule has 0 aromatic carbocycles. The van der Waals surface area contributed by atoms with Gasteiger partial charge in [-0.15, -0.1) is 0 Å². The second-order valence-corrected chi connectivity index (χ2v) is 3.97. The molecule has 1 saturated carbocycles. The zero-order valence-electron chi connectivity index (χ0n) is 8.60. The van der Waals surface area contributed by atoms with E-state index >= 15 is 0 Å². The Morgan fingerprint density at radius 2 is 2.40 bits per heavy atom. The highest BCUT2D eigenvalue weighted by Gasteiger charge is 2.56. The predicted octanol–water partition coefficient (Wildman–Crippen LogP) is 1.21. The van der Waals surface area contributed by atoms with E-state index in [2.05, 4.69) is 10.3 Å². The minimum atomic E-state index is -0.717. The highest BCUT2D eigenvalue weighted by molar-refractivity contribution is 5.79. The van der Waals surface area contributed by atoms with Crippen molar-refractivity contribution in [3.8, 4) is 0 Å². The second kappa shape index (κ2) is 3.62. The van der Waals surface area contributed by atoms with E-state index in [1.54, 1.807) is 19.4 Å². The van der Waals surface area contributed by atoms with Crippen molar-refractivity contribution in [3.05, 3.63) is 30.1 Å². The highest BCUT2D eigenvalue weighted by atomic mass is 16.4. The zero-order valence-corrected chi connectivity index (χ0v) is 8.60. The molecule has 1 aliphatic carbocycles. The summed E-state index contributed by atoms with van der Waals surface area (Å²) >= 11 is 0. The molecular formula is C11H14N2O2. The summed E-state index contributed by atoms with van der Waals surface area (Å²) in [4.78, 5) is 15.2. The van der Waals surface area contributed by atoms with Gasteiger partial charge in [-0.2, -0.15) is 0 Å². The van der Waals surface area contributed by atoms with E-state index in [0.717, 1.165) is 18.4 Å². The van der Waals surface area contributed by atoms with Gasteiger partial charge in [0.15, 0.2) is 0 Å². The van der Waals surface area contributed by atoms with Crippen molar-refractivity contribution in [3.63, 3.8) is 0 Å². The summed E-state index contributed by atoms with van der Waals surface area (Å²) in [5.41, 5.74) is 0.331. The number of aromatic nitrogens is 1. The fourth-order valence-electron chi connectivity index (χ4n) is 2.07. The van der Waals surface area contributed by atoms with Gasteiger partial charge in [0, 0.05) is 18.4 Å². The fourth-order valence-corrected chi connectivity index (χ4v) is 2.07. The molecule has 1 heterocycles. The Labute approximate surface area is 88.3 Å². The second-order valence-electron chi connectivity index (χ2n) is 3.97. The molecule has 1 aliphatic rings. The molecule has 1 aromatic heterocycles. The number of aliphatic carboxylic acids is 1. The van der Waals surface area contributed by atoms with Gasteiger partial charge in [0.25, 0.3) is 0 Å². The van der Waals surface area contributed by atoms with Crippen LogP contribution in [0.2, 0.25) is 0 Å². The lowest BCUT2D eigenvalue weighted by molar-refractivity contribution is -0.144. The van der Waals surface area contributed by atoms with Crippen LogP contribution in [0.25, 0.3) is 0 Å². The third-order valence-electron chi connectivity index (χ3n) is 3.07. The number of nitrogens with one attached hydrogen (secondary N) is 1. The van der Waals surface area contributed by atoms with Crippen molar-refractivity contribution in [2.24, 2.45) is 5.41 Å².